The molecule has 1 amide bonds. The number of benzene rings is 2. The van der Waals surface area contributed by atoms with Crippen molar-refractivity contribution in [3.05, 3.63) is 69.5 Å². The molecule has 1 fully saturated rings. The third-order valence-electron chi connectivity index (χ3n) is 5.56. The number of fused-ring (bicyclic) bond motifs is 1. The van der Waals surface area contributed by atoms with Crippen LogP contribution in [-0.2, 0) is 16.6 Å². The number of allylic oxidation sites excluding steroid dienone is 1. The molecule has 1 aliphatic rings. The number of rotatable bonds is 5. The number of sulfonamides is 1. The van der Waals surface area contributed by atoms with Crippen molar-refractivity contribution in [2.75, 3.05) is 13.1 Å². The SMILES string of the molecule is C=CCn1c(=NC(=O)c2ccc(S(=O)(=O)N3CCCC(C)C3)cc2)sc2cc(Cl)cc(Cl)c21. The predicted octanol–water partition coefficient (Wildman–Crippen LogP) is 5.36. The molecule has 0 saturated carbocycles. The van der Waals surface area contributed by atoms with Crippen molar-refractivity contribution in [2.24, 2.45) is 10.9 Å². The molecule has 3 aromatic rings. The summed E-state index contributed by atoms with van der Waals surface area (Å²) < 4.78 is 30.1. The number of aromatic nitrogens is 1. The van der Waals surface area contributed by atoms with Gasteiger partial charge in [-0.05, 0) is 55.2 Å². The van der Waals surface area contributed by atoms with Crippen molar-refractivity contribution in [3.8, 4) is 0 Å². The summed E-state index contributed by atoms with van der Waals surface area (Å²) in [5.41, 5.74) is 1.03. The molecule has 1 aliphatic heterocycles. The van der Waals surface area contributed by atoms with E-state index in [2.05, 4.69) is 18.5 Å². The zero-order chi connectivity index (χ0) is 23.8. The highest BCUT2D eigenvalue weighted by Crippen LogP contribution is 2.30. The number of hydrogen-bond donors (Lipinski definition) is 0. The molecule has 1 saturated heterocycles. The van der Waals surface area contributed by atoms with Gasteiger partial charge < -0.3 is 4.57 Å². The molecule has 33 heavy (non-hydrogen) atoms. The van der Waals surface area contributed by atoms with Gasteiger partial charge in [0, 0.05) is 30.2 Å². The van der Waals surface area contributed by atoms with E-state index in [0.717, 1.165) is 23.1 Å². The lowest BCUT2D eigenvalue weighted by Gasteiger charge is -2.30. The van der Waals surface area contributed by atoms with Crippen molar-refractivity contribution in [3.63, 3.8) is 0 Å². The van der Waals surface area contributed by atoms with Gasteiger partial charge in [-0.2, -0.15) is 9.30 Å². The van der Waals surface area contributed by atoms with E-state index in [1.807, 2.05) is 0 Å². The van der Waals surface area contributed by atoms with Gasteiger partial charge in [0.2, 0.25) is 10.0 Å². The summed E-state index contributed by atoms with van der Waals surface area (Å²) in [6.07, 6.45) is 3.58. The van der Waals surface area contributed by atoms with Gasteiger partial charge in [-0.3, -0.25) is 4.79 Å². The highest BCUT2D eigenvalue weighted by atomic mass is 35.5. The number of carbonyl (C=O) groups excluding carboxylic acids is 1. The predicted molar refractivity (Wildman–Crippen MR) is 134 cm³/mol. The number of hydrogen-bond acceptors (Lipinski definition) is 4. The number of amides is 1. The van der Waals surface area contributed by atoms with E-state index < -0.39 is 15.9 Å². The second kappa shape index (κ2) is 9.72. The molecule has 174 valence electrons. The number of piperidine rings is 1. The third-order valence-corrected chi connectivity index (χ3v) is 8.97. The first-order valence-corrected chi connectivity index (χ1v) is 13.5. The molecule has 1 aromatic heterocycles. The lowest BCUT2D eigenvalue weighted by atomic mass is 10.0. The van der Waals surface area contributed by atoms with Crippen molar-refractivity contribution in [2.45, 2.75) is 31.2 Å². The molecule has 0 bridgehead atoms. The largest absolute Gasteiger partial charge is 0.311 e. The van der Waals surface area contributed by atoms with E-state index in [0.29, 0.717) is 46.0 Å². The van der Waals surface area contributed by atoms with Crippen molar-refractivity contribution in [1.29, 1.82) is 0 Å². The van der Waals surface area contributed by atoms with Crippen LogP contribution in [0.5, 0.6) is 0 Å². The summed E-state index contributed by atoms with van der Waals surface area (Å²) in [6, 6.07) is 9.36. The highest BCUT2D eigenvalue weighted by Gasteiger charge is 2.28. The molecule has 10 heteroatoms. The van der Waals surface area contributed by atoms with Crippen LogP contribution in [0.25, 0.3) is 10.2 Å². The number of thiazole rings is 1. The summed E-state index contributed by atoms with van der Waals surface area (Å²) in [5, 5.41) is 0.961. The molecule has 1 unspecified atom stereocenters. The van der Waals surface area contributed by atoms with Gasteiger partial charge >= 0.3 is 0 Å². The normalized spacial score (nSPS) is 18.0. The Morgan fingerprint density at radius 1 is 1.27 bits per heavy atom. The molecule has 0 radical (unpaired) electrons. The number of nitrogens with zero attached hydrogens (tertiary/aromatic N) is 3. The molecule has 0 aliphatic carbocycles. The lowest BCUT2D eigenvalue weighted by Crippen LogP contribution is -2.39. The van der Waals surface area contributed by atoms with Crippen molar-refractivity contribution in [1.82, 2.24) is 8.87 Å². The Labute approximate surface area is 206 Å². The molecule has 6 nitrogen and oxygen atoms in total. The fraction of sp³-hybridized carbons (Fsp3) is 0.304. The van der Waals surface area contributed by atoms with Crippen LogP contribution in [0, 0.1) is 5.92 Å². The van der Waals surface area contributed by atoms with Crippen LogP contribution in [0.15, 0.2) is 58.9 Å². The maximum Gasteiger partial charge on any atom is 0.279 e. The summed E-state index contributed by atoms with van der Waals surface area (Å²) in [7, 11) is -3.59. The zero-order valence-corrected chi connectivity index (χ0v) is 21.1. The molecule has 1 atom stereocenters. The fourth-order valence-corrected chi connectivity index (χ4v) is 7.37. The van der Waals surface area contributed by atoms with E-state index in [1.165, 1.54) is 39.9 Å². The Bertz CT molecular complexity index is 1390. The number of carbonyl (C=O) groups is 1. The Balaban J connectivity index is 1.67. The van der Waals surface area contributed by atoms with Gasteiger partial charge in [0.05, 0.1) is 20.1 Å². The van der Waals surface area contributed by atoms with Crippen LogP contribution in [0.4, 0.5) is 0 Å². The molecule has 4 rings (SSSR count). The lowest BCUT2D eigenvalue weighted by molar-refractivity contribution is 0.0997. The molecule has 0 spiro atoms. The highest BCUT2D eigenvalue weighted by molar-refractivity contribution is 7.89. The standard InChI is InChI=1S/C23H23Cl2N3O3S2/c1-3-10-28-21-19(25)12-17(24)13-20(21)32-23(28)26-22(29)16-6-8-18(9-7-16)33(30,31)27-11-4-5-15(2)14-27/h3,6-9,12-13,15H,1,4-5,10-11,14H2,2H3. The fourth-order valence-electron chi connectivity index (χ4n) is 3.95. The second-order valence-electron chi connectivity index (χ2n) is 8.07. The van der Waals surface area contributed by atoms with Crippen molar-refractivity contribution >= 4 is 60.7 Å². The maximum atomic E-state index is 13.0. The second-order valence-corrected chi connectivity index (χ2v) is 11.9. The minimum absolute atomic E-state index is 0.179. The first-order chi connectivity index (χ1) is 15.7. The molecule has 2 heterocycles. The van der Waals surface area contributed by atoms with E-state index in [1.54, 1.807) is 22.8 Å². The van der Waals surface area contributed by atoms with Gasteiger partial charge in [-0.1, -0.05) is 47.5 Å². The molecular weight excluding hydrogens is 501 g/mol. The molecule has 0 N–H and O–H groups in total. The first-order valence-electron chi connectivity index (χ1n) is 10.5. The van der Waals surface area contributed by atoms with Crippen LogP contribution in [-0.4, -0.2) is 36.3 Å². The Morgan fingerprint density at radius 3 is 2.67 bits per heavy atom. The van der Waals surface area contributed by atoms with Crippen LogP contribution < -0.4 is 4.80 Å². The van der Waals surface area contributed by atoms with Gasteiger partial charge in [0.1, 0.15) is 0 Å². The van der Waals surface area contributed by atoms with E-state index in [-0.39, 0.29) is 4.90 Å². The average Bonchev–Trinajstić information content (AvgIpc) is 3.11. The summed E-state index contributed by atoms with van der Waals surface area (Å²) in [6.45, 7) is 7.27. The van der Waals surface area contributed by atoms with Gasteiger partial charge in [0.25, 0.3) is 5.91 Å². The summed E-state index contributed by atoms with van der Waals surface area (Å²) in [5.74, 6) is -0.141. The van der Waals surface area contributed by atoms with Crippen LogP contribution in [0.2, 0.25) is 10.0 Å². The summed E-state index contributed by atoms with van der Waals surface area (Å²) >= 11 is 13.8. The van der Waals surface area contributed by atoms with Crippen LogP contribution in [0.3, 0.4) is 0 Å². The van der Waals surface area contributed by atoms with Gasteiger partial charge in [0.15, 0.2) is 4.80 Å². The molecule has 2 aromatic carbocycles. The topological polar surface area (TPSA) is 71.7 Å². The van der Waals surface area contributed by atoms with Gasteiger partial charge in [-0.15, -0.1) is 6.58 Å². The molecular formula is C23H23Cl2N3O3S2. The Morgan fingerprint density at radius 2 is 2.00 bits per heavy atom. The third kappa shape index (κ3) is 4.95. The maximum absolute atomic E-state index is 13.0. The van der Waals surface area contributed by atoms with E-state index in [4.69, 9.17) is 23.2 Å². The van der Waals surface area contributed by atoms with Gasteiger partial charge in [-0.25, -0.2) is 8.42 Å². The van der Waals surface area contributed by atoms with Crippen molar-refractivity contribution < 1.29 is 13.2 Å². The Hall–Kier alpha value is -1.97. The Kier molecular flexibility index (Phi) is 7.12. The van der Waals surface area contributed by atoms with Crippen LogP contribution in [0.1, 0.15) is 30.1 Å². The smallest absolute Gasteiger partial charge is 0.279 e. The van der Waals surface area contributed by atoms with E-state index in [9.17, 15) is 13.2 Å². The number of halogens is 2. The monoisotopic (exact) mass is 523 g/mol. The minimum atomic E-state index is -3.59. The minimum Gasteiger partial charge on any atom is -0.311 e. The quantitative estimate of drug-likeness (QED) is 0.422. The first kappa shape index (κ1) is 24.2. The summed E-state index contributed by atoms with van der Waals surface area (Å²) in [4.78, 5) is 17.8. The van der Waals surface area contributed by atoms with Crippen LogP contribution >= 0.6 is 34.5 Å². The average molecular weight is 524 g/mol. The zero-order valence-electron chi connectivity index (χ0n) is 18.0. The van der Waals surface area contributed by atoms with E-state index >= 15 is 0 Å².